The molecule has 0 fully saturated rings. The van der Waals surface area contributed by atoms with Crippen LogP contribution in [0.2, 0.25) is 0 Å². The van der Waals surface area contributed by atoms with E-state index in [1.54, 1.807) is 0 Å². The van der Waals surface area contributed by atoms with E-state index in [-0.39, 0.29) is 21.2 Å². The lowest BCUT2D eigenvalue weighted by atomic mass is 10.1. The Labute approximate surface area is 199 Å². The van der Waals surface area contributed by atoms with Crippen molar-refractivity contribution in [2.45, 2.75) is 44.4 Å². The van der Waals surface area contributed by atoms with Gasteiger partial charge in [-0.05, 0) is 54.3 Å². The third-order valence-electron chi connectivity index (χ3n) is 4.44. The number of nitrogens with zero attached hydrogens (tertiary/aromatic N) is 1. The Kier molecular flexibility index (Phi) is 10.3. The van der Waals surface area contributed by atoms with E-state index >= 15 is 0 Å². The first-order valence-corrected chi connectivity index (χ1v) is 13.8. The second kappa shape index (κ2) is 12.7. The van der Waals surface area contributed by atoms with E-state index in [2.05, 4.69) is 62.4 Å². The minimum Gasteiger partial charge on any atom is -0.744 e. The van der Waals surface area contributed by atoms with Crippen molar-refractivity contribution in [2.75, 3.05) is 0 Å². The van der Waals surface area contributed by atoms with Crippen LogP contribution in [0.1, 0.15) is 37.8 Å². The van der Waals surface area contributed by atoms with Crippen molar-refractivity contribution >= 4 is 15.8 Å². The van der Waals surface area contributed by atoms with Gasteiger partial charge in [-0.15, -0.1) is 0 Å². The molecule has 0 aromatic heterocycles. The van der Waals surface area contributed by atoms with Crippen molar-refractivity contribution in [1.29, 1.82) is 0 Å². The predicted molar refractivity (Wildman–Crippen MR) is 119 cm³/mol. The van der Waals surface area contributed by atoms with Crippen LogP contribution in [-0.4, -0.2) is 17.9 Å². The second-order valence-electron chi connectivity index (χ2n) is 7.06. The zero-order valence-electron chi connectivity index (χ0n) is 18.0. The van der Waals surface area contributed by atoms with Crippen molar-refractivity contribution in [3.05, 3.63) is 101 Å². The predicted octanol–water partition coefficient (Wildman–Crippen LogP) is 2.22. The molecule has 0 heterocycles. The zero-order valence-corrected chi connectivity index (χ0v) is 21.0. The van der Waals surface area contributed by atoms with Crippen molar-refractivity contribution in [2.24, 2.45) is 0 Å². The quantitative estimate of drug-likeness (QED) is 0.180. The summed E-state index contributed by atoms with van der Waals surface area (Å²) in [5.41, 5.74) is 2.51. The summed E-state index contributed by atoms with van der Waals surface area (Å²) in [5.74, 6) is 0. The maximum Gasteiger partial charge on any atom is 0.357 e. The fourth-order valence-electron chi connectivity index (χ4n) is 2.88. The molecule has 0 radical (unpaired) electrons. The average Bonchev–Trinajstić information content (AvgIpc) is 2.77. The van der Waals surface area contributed by atoms with Gasteiger partial charge in [-0.25, -0.2) is 8.42 Å². The second-order valence-corrected chi connectivity index (χ2v) is 11.5. The normalized spacial score (nSPS) is 10.8. The number of benzene rings is 3. The third kappa shape index (κ3) is 8.68. The third-order valence-corrected chi connectivity index (χ3v) is 7.95. The minimum absolute atomic E-state index is 0.0164. The molecule has 0 atom stereocenters. The Bertz CT molecular complexity index is 1070. The highest BCUT2D eigenvalue weighted by molar-refractivity contribution is 7.85. The smallest absolute Gasteiger partial charge is 0.357 e. The largest absolute Gasteiger partial charge is 0.744 e. The molecule has 170 valence electrons. The summed E-state index contributed by atoms with van der Waals surface area (Å²) in [6.07, 6.45) is 4.86. The molecule has 3 aromatic rings. The Hall–Kier alpha value is -2.30. The van der Waals surface area contributed by atoms with Crippen molar-refractivity contribution < 1.29 is 39.1 Å². The summed E-state index contributed by atoms with van der Waals surface area (Å²) >= 11 is -0.0164. The molecule has 8 heteroatoms. The van der Waals surface area contributed by atoms with Gasteiger partial charge in [0, 0.05) is 12.1 Å². The molecule has 0 bridgehead atoms. The number of non-ortho nitro benzene ring substituents is 1. The molecule has 32 heavy (non-hydrogen) atoms. The molecule has 0 spiro atoms. The van der Waals surface area contributed by atoms with Crippen LogP contribution in [0.15, 0.2) is 77.7 Å². The lowest BCUT2D eigenvalue weighted by Crippen LogP contribution is -3.61. The molecule has 0 amide bonds. The number of hydrogen-bond acceptors (Lipinski definition) is 5. The molecule has 0 saturated carbocycles. The van der Waals surface area contributed by atoms with E-state index < -0.39 is 25.6 Å². The number of hydrogen-bond donors (Lipinski definition) is 0. The van der Waals surface area contributed by atoms with Crippen LogP contribution in [-0.2, 0) is 23.0 Å². The Morgan fingerprint density at radius 3 is 1.66 bits per heavy atom. The van der Waals surface area contributed by atoms with Crippen LogP contribution in [0.3, 0.4) is 0 Å². The molecule has 3 rings (SSSR count). The summed E-state index contributed by atoms with van der Waals surface area (Å²) in [7, 11) is -4.61. The van der Waals surface area contributed by atoms with Crippen molar-refractivity contribution in [3.8, 4) is 0 Å². The molecule has 0 N–H and O–H groups in total. The van der Waals surface area contributed by atoms with E-state index in [1.807, 2.05) is 0 Å². The van der Waals surface area contributed by atoms with E-state index in [9.17, 15) is 23.1 Å². The number of rotatable bonds is 8. The van der Waals surface area contributed by atoms with Gasteiger partial charge in [-0.3, -0.25) is 10.1 Å². The van der Waals surface area contributed by atoms with Gasteiger partial charge in [0.05, 0.1) is 9.82 Å². The van der Waals surface area contributed by atoms with Crippen molar-refractivity contribution in [3.63, 3.8) is 0 Å². The van der Waals surface area contributed by atoms with Gasteiger partial charge >= 0.3 is 21.2 Å². The summed E-state index contributed by atoms with van der Waals surface area (Å²) in [5, 5.41) is 10.2. The summed E-state index contributed by atoms with van der Waals surface area (Å²) in [6, 6.07) is 22.4. The van der Waals surface area contributed by atoms with E-state index in [1.165, 1.54) is 44.0 Å². The lowest BCUT2D eigenvalue weighted by molar-refractivity contribution is -0.597. The first-order chi connectivity index (χ1) is 15.2. The first-order valence-electron chi connectivity index (χ1n) is 10.3. The fraction of sp³-hybridized carbons (Fsp3) is 0.250. The van der Waals surface area contributed by atoms with Crippen LogP contribution in [0.4, 0.5) is 5.69 Å². The van der Waals surface area contributed by atoms with Crippen LogP contribution >= 0.6 is 0 Å². The molecular weight excluding hydrogens is 541 g/mol. The van der Waals surface area contributed by atoms with Crippen molar-refractivity contribution in [1.82, 2.24) is 0 Å². The van der Waals surface area contributed by atoms with Gasteiger partial charge in [0.25, 0.3) is 5.69 Å². The van der Waals surface area contributed by atoms with E-state index in [0.29, 0.717) is 0 Å². The van der Waals surface area contributed by atoms with Gasteiger partial charge in [0.2, 0.25) is 0 Å². The molecule has 3 aromatic carbocycles. The summed E-state index contributed by atoms with van der Waals surface area (Å²) in [4.78, 5) is 8.82. The number of halogens is 1. The molecule has 6 nitrogen and oxygen atoms in total. The first kappa shape index (κ1) is 26.0. The SMILES string of the molecule is CCCc1ccc([I+]c2ccc(CCC)cc2)cc1.O=[N+]([O-])c1cccc(S(=O)(=O)[O-])c1. The van der Waals surface area contributed by atoms with Crippen LogP contribution < -0.4 is 21.2 Å². The van der Waals surface area contributed by atoms with Crippen LogP contribution in [0.5, 0.6) is 0 Å². The highest BCUT2D eigenvalue weighted by Gasteiger charge is 2.14. The molecule has 0 aliphatic heterocycles. The average molecular weight is 567 g/mol. The molecular formula is C24H26INO5S. The maximum absolute atomic E-state index is 10.4. The standard InChI is InChI=1S/C18H22I.C6H5NO5S/c1-3-5-15-7-11-17(12-8-15)19-18-13-9-16(6-4-2)10-14-18;8-7(9)5-2-1-3-6(4-5)13(10,11)12/h7-14H,3-6H2,1-2H3;1-4H,(H,10,11,12)/q+1;/p-1. The summed E-state index contributed by atoms with van der Waals surface area (Å²) < 4.78 is 34.3. The Morgan fingerprint density at radius 1 is 0.812 bits per heavy atom. The highest BCUT2D eigenvalue weighted by atomic mass is 127. The molecule has 0 aliphatic rings. The molecule has 0 saturated heterocycles. The Balaban J connectivity index is 0.000000244. The number of nitro groups is 1. The maximum atomic E-state index is 10.4. The van der Waals surface area contributed by atoms with Gasteiger partial charge in [0.1, 0.15) is 10.1 Å². The van der Waals surface area contributed by atoms with Crippen LogP contribution in [0.25, 0.3) is 0 Å². The van der Waals surface area contributed by atoms with Gasteiger partial charge in [0.15, 0.2) is 7.14 Å². The number of aryl methyl sites for hydroxylation is 2. The zero-order chi connectivity index (χ0) is 23.6. The van der Waals surface area contributed by atoms with E-state index in [0.717, 1.165) is 24.3 Å². The minimum atomic E-state index is -4.61. The molecule has 0 unspecified atom stereocenters. The van der Waals surface area contributed by atoms with Gasteiger partial charge < -0.3 is 4.55 Å². The monoisotopic (exact) mass is 567 g/mol. The Morgan fingerprint density at radius 2 is 1.28 bits per heavy atom. The molecule has 0 aliphatic carbocycles. The highest BCUT2D eigenvalue weighted by Crippen LogP contribution is 2.16. The topological polar surface area (TPSA) is 100 Å². The van der Waals surface area contributed by atoms with Gasteiger partial charge in [-0.2, -0.15) is 0 Å². The summed E-state index contributed by atoms with van der Waals surface area (Å²) in [6.45, 7) is 4.47. The fourth-order valence-corrected chi connectivity index (χ4v) is 5.55. The number of nitro benzene ring substituents is 1. The van der Waals surface area contributed by atoms with Gasteiger partial charge in [-0.1, -0.05) is 57.0 Å². The van der Waals surface area contributed by atoms with E-state index in [4.69, 9.17) is 0 Å². The van der Waals surface area contributed by atoms with Crippen LogP contribution in [0, 0.1) is 17.3 Å². The lowest BCUT2D eigenvalue weighted by Gasteiger charge is -2.05.